The topological polar surface area (TPSA) is 61.6 Å². The minimum absolute atomic E-state index is 0.301. The summed E-state index contributed by atoms with van der Waals surface area (Å²) in [6.07, 6.45) is 4.50. The number of piperidine rings is 1. The second kappa shape index (κ2) is 6.24. The second-order valence-electron chi connectivity index (χ2n) is 5.99. The molecule has 2 heterocycles. The molecule has 3 N–H and O–H groups in total. The van der Waals surface area contributed by atoms with Crippen molar-refractivity contribution in [2.75, 3.05) is 36.4 Å². The molecule has 2 amide bonds. The Labute approximate surface area is 126 Å². The molecule has 0 radical (unpaired) electrons. The molecule has 0 aromatic heterocycles. The monoisotopic (exact) mass is 288 g/mol. The second-order valence-corrected chi connectivity index (χ2v) is 5.99. The molecule has 2 aliphatic rings. The smallest absolute Gasteiger partial charge is 0.314 e. The van der Waals surface area contributed by atoms with Gasteiger partial charge in [-0.05, 0) is 43.9 Å². The van der Waals surface area contributed by atoms with Crippen LogP contribution in [0.5, 0.6) is 0 Å². The van der Waals surface area contributed by atoms with Crippen molar-refractivity contribution in [3.05, 3.63) is 24.3 Å². The maximum atomic E-state index is 11.1. The lowest BCUT2D eigenvalue weighted by atomic mass is 10.0. The molecule has 0 atom stereocenters. The van der Waals surface area contributed by atoms with Crippen LogP contribution in [0.15, 0.2) is 24.3 Å². The average Bonchev–Trinajstić information content (AvgIpc) is 3.02. The van der Waals surface area contributed by atoms with E-state index in [9.17, 15) is 4.79 Å². The van der Waals surface area contributed by atoms with Crippen LogP contribution in [0.4, 0.5) is 16.2 Å². The molecule has 1 aromatic carbocycles. The number of carbonyl (C=O) groups is 1. The van der Waals surface area contributed by atoms with E-state index in [1.165, 1.54) is 37.3 Å². The number of primary amides is 1. The van der Waals surface area contributed by atoms with Gasteiger partial charge in [-0.1, -0.05) is 6.07 Å². The van der Waals surface area contributed by atoms with Crippen LogP contribution >= 0.6 is 0 Å². The highest BCUT2D eigenvalue weighted by Gasteiger charge is 2.21. The van der Waals surface area contributed by atoms with Crippen LogP contribution in [0.3, 0.4) is 0 Å². The Kier molecular flexibility index (Phi) is 4.18. The van der Waals surface area contributed by atoms with Gasteiger partial charge in [0.15, 0.2) is 0 Å². The number of rotatable bonds is 3. The molecule has 2 saturated heterocycles. The van der Waals surface area contributed by atoms with Crippen molar-refractivity contribution in [1.82, 2.24) is 4.90 Å². The summed E-state index contributed by atoms with van der Waals surface area (Å²) < 4.78 is 0. The van der Waals surface area contributed by atoms with Crippen LogP contribution in [0.1, 0.15) is 25.7 Å². The molecule has 114 valence electrons. The summed E-state index contributed by atoms with van der Waals surface area (Å²) in [7, 11) is 0. The zero-order valence-electron chi connectivity index (χ0n) is 12.4. The number of carbonyl (C=O) groups excluding carboxylic acids is 1. The molecule has 21 heavy (non-hydrogen) atoms. The fraction of sp³-hybridized carbons (Fsp3) is 0.562. The molecule has 1 aromatic rings. The van der Waals surface area contributed by atoms with Gasteiger partial charge in [-0.25, -0.2) is 4.79 Å². The van der Waals surface area contributed by atoms with Gasteiger partial charge in [0, 0.05) is 43.6 Å². The first-order valence-electron chi connectivity index (χ1n) is 7.88. The van der Waals surface area contributed by atoms with Crippen molar-refractivity contribution in [1.29, 1.82) is 0 Å². The number of urea groups is 1. The zero-order valence-corrected chi connectivity index (χ0v) is 12.4. The van der Waals surface area contributed by atoms with Gasteiger partial charge in [0.1, 0.15) is 0 Å². The van der Waals surface area contributed by atoms with Crippen molar-refractivity contribution < 1.29 is 4.79 Å². The highest BCUT2D eigenvalue weighted by atomic mass is 16.2. The third-order valence-electron chi connectivity index (χ3n) is 4.49. The number of nitrogens with one attached hydrogen (secondary N) is 1. The van der Waals surface area contributed by atoms with E-state index in [-0.39, 0.29) is 6.03 Å². The van der Waals surface area contributed by atoms with Gasteiger partial charge in [-0.15, -0.1) is 0 Å². The van der Waals surface area contributed by atoms with Gasteiger partial charge < -0.3 is 20.9 Å². The summed E-state index contributed by atoms with van der Waals surface area (Å²) in [4.78, 5) is 15.3. The Hall–Kier alpha value is -1.91. The quantitative estimate of drug-likeness (QED) is 0.896. The molecular formula is C16H24N4O. The number of likely N-dealkylation sites (tertiary alicyclic amines) is 1. The molecule has 2 aliphatic heterocycles. The van der Waals surface area contributed by atoms with Gasteiger partial charge >= 0.3 is 6.03 Å². The van der Waals surface area contributed by atoms with E-state index in [1.807, 2.05) is 0 Å². The van der Waals surface area contributed by atoms with E-state index in [1.54, 1.807) is 4.90 Å². The molecule has 2 fully saturated rings. The van der Waals surface area contributed by atoms with Gasteiger partial charge in [0.25, 0.3) is 0 Å². The molecule has 3 rings (SSSR count). The number of hydrogen-bond donors (Lipinski definition) is 2. The molecular weight excluding hydrogens is 264 g/mol. The zero-order chi connectivity index (χ0) is 14.7. The molecule has 0 bridgehead atoms. The Morgan fingerprint density at radius 2 is 1.86 bits per heavy atom. The summed E-state index contributed by atoms with van der Waals surface area (Å²) in [6, 6.07) is 8.80. The highest BCUT2D eigenvalue weighted by Crippen LogP contribution is 2.24. The van der Waals surface area contributed by atoms with E-state index in [2.05, 4.69) is 34.5 Å². The van der Waals surface area contributed by atoms with Crippen LogP contribution < -0.4 is 16.0 Å². The van der Waals surface area contributed by atoms with E-state index < -0.39 is 0 Å². The van der Waals surface area contributed by atoms with Crippen LogP contribution in [-0.4, -0.2) is 43.2 Å². The standard InChI is InChI=1S/C16H24N4O/c17-16(21)20-10-6-13(7-11-20)18-14-4-3-5-15(12-14)19-8-1-2-9-19/h3-5,12-13,18H,1-2,6-11H2,(H2,17,21). The first kappa shape index (κ1) is 14.0. The van der Waals surface area contributed by atoms with E-state index in [0.29, 0.717) is 6.04 Å². The maximum absolute atomic E-state index is 11.1. The van der Waals surface area contributed by atoms with E-state index in [4.69, 9.17) is 5.73 Å². The van der Waals surface area contributed by atoms with Crippen LogP contribution in [0.2, 0.25) is 0 Å². The summed E-state index contributed by atoms with van der Waals surface area (Å²) >= 11 is 0. The largest absolute Gasteiger partial charge is 0.382 e. The molecule has 5 nitrogen and oxygen atoms in total. The first-order chi connectivity index (χ1) is 10.2. The fourth-order valence-corrected chi connectivity index (χ4v) is 3.25. The Morgan fingerprint density at radius 1 is 1.14 bits per heavy atom. The fourth-order valence-electron chi connectivity index (χ4n) is 3.25. The van der Waals surface area contributed by atoms with Crippen LogP contribution in [0.25, 0.3) is 0 Å². The molecule has 0 spiro atoms. The number of benzene rings is 1. The van der Waals surface area contributed by atoms with Crippen molar-refractivity contribution in [3.8, 4) is 0 Å². The van der Waals surface area contributed by atoms with Crippen molar-refractivity contribution in [3.63, 3.8) is 0 Å². The third kappa shape index (κ3) is 3.40. The predicted molar refractivity (Wildman–Crippen MR) is 85.7 cm³/mol. The summed E-state index contributed by atoms with van der Waals surface area (Å²) in [5, 5.41) is 3.60. The van der Waals surface area contributed by atoms with Gasteiger partial charge in [0.2, 0.25) is 0 Å². The summed E-state index contributed by atoms with van der Waals surface area (Å²) in [5.41, 5.74) is 7.81. The first-order valence-corrected chi connectivity index (χ1v) is 7.88. The lowest BCUT2D eigenvalue weighted by Crippen LogP contribution is -2.44. The lowest BCUT2D eigenvalue weighted by molar-refractivity contribution is 0.193. The lowest BCUT2D eigenvalue weighted by Gasteiger charge is -2.32. The van der Waals surface area contributed by atoms with Crippen molar-refractivity contribution >= 4 is 17.4 Å². The van der Waals surface area contributed by atoms with Gasteiger partial charge in [0.05, 0.1) is 0 Å². The number of anilines is 2. The number of nitrogens with two attached hydrogens (primary N) is 1. The van der Waals surface area contributed by atoms with Gasteiger partial charge in [-0.3, -0.25) is 0 Å². The van der Waals surface area contributed by atoms with Crippen molar-refractivity contribution in [2.24, 2.45) is 5.73 Å². The summed E-state index contributed by atoms with van der Waals surface area (Å²) in [6.45, 7) is 3.83. The third-order valence-corrected chi connectivity index (χ3v) is 4.49. The number of amides is 2. The minimum atomic E-state index is -0.301. The van der Waals surface area contributed by atoms with Gasteiger partial charge in [-0.2, -0.15) is 0 Å². The Bertz CT molecular complexity index is 491. The maximum Gasteiger partial charge on any atom is 0.314 e. The van der Waals surface area contributed by atoms with E-state index >= 15 is 0 Å². The minimum Gasteiger partial charge on any atom is -0.382 e. The Morgan fingerprint density at radius 3 is 2.52 bits per heavy atom. The SMILES string of the molecule is NC(=O)N1CCC(Nc2cccc(N3CCCC3)c2)CC1. The normalized spacial score (nSPS) is 19.8. The number of nitrogens with zero attached hydrogens (tertiary/aromatic N) is 2. The Balaban J connectivity index is 1.58. The molecule has 0 saturated carbocycles. The van der Waals surface area contributed by atoms with Crippen LogP contribution in [-0.2, 0) is 0 Å². The summed E-state index contributed by atoms with van der Waals surface area (Å²) in [5.74, 6) is 0. The average molecular weight is 288 g/mol. The molecule has 0 unspecified atom stereocenters. The highest BCUT2D eigenvalue weighted by molar-refractivity contribution is 5.72. The van der Waals surface area contributed by atoms with E-state index in [0.717, 1.165) is 25.9 Å². The predicted octanol–water partition coefficient (Wildman–Crippen LogP) is 2.24. The molecule has 0 aliphatic carbocycles. The van der Waals surface area contributed by atoms with Crippen molar-refractivity contribution in [2.45, 2.75) is 31.7 Å². The van der Waals surface area contributed by atoms with Crippen LogP contribution in [0, 0.1) is 0 Å². The number of hydrogen-bond acceptors (Lipinski definition) is 3. The molecule has 5 heteroatoms.